The number of amides is 1. The van der Waals surface area contributed by atoms with Crippen LogP contribution in [0, 0.1) is 20.8 Å². The third kappa shape index (κ3) is 5.03. The van der Waals surface area contributed by atoms with Gasteiger partial charge in [0, 0.05) is 35.8 Å². The second-order valence-electron chi connectivity index (χ2n) is 7.76. The van der Waals surface area contributed by atoms with Gasteiger partial charge in [-0.1, -0.05) is 23.8 Å². The zero-order valence-electron chi connectivity index (χ0n) is 18.8. The highest BCUT2D eigenvalue weighted by Gasteiger charge is 2.23. The van der Waals surface area contributed by atoms with Crippen molar-refractivity contribution in [2.45, 2.75) is 27.3 Å². The number of nitrogens with one attached hydrogen (secondary N) is 1. The number of ether oxygens (including phenoxy) is 1. The van der Waals surface area contributed by atoms with E-state index in [0.717, 1.165) is 33.5 Å². The number of hydrogen-bond donors (Lipinski definition) is 1. The van der Waals surface area contributed by atoms with Crippen LogP contribution in [-0.4, -0.2) is 47.3 Å². The molecule has 0 fully saturated rings. The number of likely N-dealkylation sites (N-methyl/N-ethyl adjacent to an activating group) is 1. The first kappa shape index (κ1) is 22.7. The van der Waals surface area contributed by atoms with Crippen molar-refractivity contribution in [2.24, 2.45) is 7.05 Å². The zero-order valence-corrected chi connectivity index (χ0v) is 19.6. The molecule has 0 aliphatic carbocycles. The summed E-state index contributed by atoms with van der Waals surface area (Å²) in [6.45, 7) is 6.80. The first-order chi connectivity index (χ1) is 14.7. The fourth-order valence-corrected chi connectivity index (χ4v) is 4.40. The van der Waals surface area contributed by atoms with Gasteiger partial charge in [0.15, 0.2) is 0 Å². The van der Waals surface area contributed by atoms with E-state index in [-0.39, 0.29) is 12.5 Å². The predicted molar refractivity (Wildman–Crippen MR) is 123 cm³/mol. The molecule has 164 valence electrons. The molecule has 8 heteroatoms. The van der Waals surface area contributed by atoms with Crippen molar-refractivity contribution in [2.75, 3.05) is 26.0 Å². The molecule has 7 nitrogen and oxygen atoms in total. The van der Waals surface area contributed by atoms with Gasteiger partial charge in [0.05, 0.1) is 19.9 Å². The normalized spacial score (nSPS) is 11.1. The molecule has 0 radical (unpaired) electrons. The molecule has 3 rings (SSSR count). The summed E-state index contributed by atoms with van der Waals surface area (Å²) in [5.74, 6) is -0.657. The number of anilines is 1. The van der Waals surface area contributed by atoms with Crippen LogP contribution in [0.1, 0.15) is 32.7 Å². The van der Waals surface area contributed by atoms with Crippen molar-refractivity contribution in [3.63, 3.8) is 0 Å². The lowest BCUT2D eigenvalue weighted by Gasteiger charge is -2.16. The summed E-state index contributed by atoms with van der Waals surface area (Å²) in [5, 5.41) is 9.54. The molecule has 2 heterocycles. The number of nitrogens with zero attached hydrogens (tertiary/aromatic N) is 3. The number of benzene rings is 1. The van der Waals surface area contributed by atoms with Crippen LogP contribution >= 0.6 is 11.3 Å². The lowest BCUT2D eigenvalue weighted by molar-refractivity contribution is -0.117. The van der Waals surface area contributed by atoms with Gasteiger partial charge in [-0.15, -0.1) is 11.3 Å². The SMILES string of the molecule is COC(=O)c1c(-c2cc(C)ccc2C)csc1NC(=O)CN(C)Cc1cnn(C)c1C. The topological polar surface area (TPSA) is 76.5 Å². The summed E-state index contributed by atoms with van der Waals surface area (Å²) in [5.41, 5.74) is 6.41. The van der Waals surface area contributed by atoms with E-state index in [2.05, 4.69) is 10.4 Å². The Morgan fingerprint density at radius 3 is 2.61 bits per heavy atom. The van der Waals surface area contributed by atoms with E-state index in [1.165, 1.54) is 18.4 Å². The number of hydrogen-bond acceptors (Lipinski definition) is 6. The van der Waals surface area contributed by atoms with Crippen molar-refractivity contribution in [3.05, 3.63) is 57.7 Å². The number of methoxy groups -OCH3 is 1. The average Bonchev–Trinajstić information content (AvgIpc) is 3.27. The molecule has 0 unspecified atom stereocenters. The molecule has 1 N–H and O–H groups in total. The molecule has 0 aliphatic rings. The Labute approximate surface area is 186 Å². The number of rotatable bonds is 7. The molecular weight excluding hydrogens is 412 g/mol. The first-order valence-electron chi connectivity index (χ1n) is 9.94. The van der Waals surface area contributed by atoms with Crippen molar-refractivity contribution in [3.8, 4) is 11.1 Å². The Kier molecular flexibility index (Phi) is 6.92. The van der Waals surface area contributed by atoms with Crippen molar-refractivity contribution in [1.29, 1.82) is 0 Å². The third-order valence-corrected chi connectivity index (χ3v) is 6.20. The molecule has 0 bridgehead atoms. The minimum Gasteiger partial charge on any atom is -0.465 e. The Morgan fingerprint density at radius 1 is 1.23 bits per heavy atom. The summed E-state index contributed by atoms with van der Waals surface area (Å²) in [6, 6.07) is 6.10. The second-order valence-corrected chi connectivity index (χ2v) is 8.64. The van der Waals surface area contributed by atoms with E-state index in [0.29, 0.717) is 17.1 Å². The molecular formula is C23H28N4O3S. The molecule has 0 spiro atoms. The lowest BCUT2D eigenvalue weighted by Crippen LogP contribution is -2.30. The van der Waals surface area contributed by atoms with Crippen LogP contribution in [0.5, 0.6) is 0 Å². The number of esters is 1. The van der Waals surface area contributed by atoms with E-state index >= 15 is 0 Å². The summed E-state index contributed by atoms with van der Waals surface area (Å²) in [6.07, 6.45) is 1.81. The Bertz CT molecular complexity index is 1120. The van der Waals surface area contributed by atoms with Gasteiger partial charge in [0.1, 0.15) is 10.6 Å². The highest BCUT2D eigenvalue weighted by atomic mass is 32.1. The molecule has 3 aromatic rings. The van der Waals surface area contributed by atoms with Crippen LogP contribution in [0.25, 0.3) is 11.1 Å². The van der Waals surface area contributed by atoms with Crippen LogP contribution in [0.2, 0.25) is 0 Å². The van der Waals surface area contributed by atoms with Gasteiger partial charge in [0.2, 0.25) is 5.91 Å². The first-order valence-corrected chi connectivity index (χ1v) is 10.8. The number of thiophene rings is 1. The third-order valence-electron chi connectivity index (χ3n) is 5.31. The summed E-state index contributed by atoms with van der Waals surface area (Å²) >= 11 is 1.33. The van der Waals surface area contributed by atoms with Crippen LogP contribution in [0.3, 0.4) is 0 Å². The van der Waals surface area contributed by atoms with Crippen LogP contribution in [0.15, 0.2) is 29.8 Å². The predicted octanol–water partition coefficient (Wildman–Crippen LogP) is 3.93. The van der Waals surface area contributed by atoms with Gasteiger partial charge >= 0.3 is 5.97 Å². The zero-order chi connectivity index (χ0) is 22.7. The lowest BCUT2D eigenvalue weighted by atomic mass is 9.97. The highest BCUT2D eigenvalue weighted by molar-refractivity contribution is 7.15. The van der Waals surface area contributed by atoms with Gasteiger partial charge in [-0.05, 0) is 38.9 Å². The van der Waals surface area contributed by atoms with Crippen molar-refractivity contribution < 1.29 is 14.3 Å². The largest absolute Gasteiger partial charge is 0.465 e. The molecule has 0 saturated carbocycles. The molecule has 2 aromatic heterocycles. The quantitative estimate of drug-likeness (QED) is 0.564. The second kappa shape index (κ2) is 9.45. The minimum atomic E-state index is -0.466. The Balaban J connectivity index is 1.80. The number of aryl methyl sites for hydroxylation is 3. The van der Waals surface area contributed by atoms with Crippen LogP contribution in [0.4, 0.5) is 5.00 Å². The fourth-order valence-electron chi connectivity index (χ4n) is 3.44. The van der Waals surface area contributed by atoms with Gasteiger partial charge < -0.3 is 10.1 Å². The maximum absolute atomic E-state index is 12.7. The molecule has 31 heavy (non-hydrogen) atoms. The van der Waals surface area contributed by atoms with Crippen molar-refractivity contribution >= 4 is 28.2 Å². The molecule has 1 amide bonds. The molecule has 1 aromatic carbocycles. The average molecular weight is 441 g/mol. The molecule has 0 atom stereocenters. The molecule has 0 saturated heterocycles. The smallest absolute Gasteiger partial charge is 0.341 e. The number of aromatic nitrogens is 2. The molecule has 0 aliphatic heterocycles. The maximum Gasteiger partial charge on any atom is 0.341 e. The van der Waals surface area contributed by atoms with Crippen LogP contribution in [-0.2, 0) is 23.1 Å². The summed E-state index contributed by atoms with van der Waals surface area (Å²) in [4.78, 5) is 27.2. The van der Waals surface area contributed by atoms with Gasteiger partial charge in [-0.2, -0.15) is 5.10 Å². The van der Waals surface area contributed by atoms with Crippen molar-refractivity contribution in [1.82, 2.24) is 14.7 Å². The van der Waals surface area contributed by atoms with Gasteiger partial charge in [0.25, 0.3) is 0 Å². The Hall–Kier alpha value is -2.97. The minimum absolute atomic E-state index is 0.186. The van der Waals surface area contributed by atoms with Gasteiger partial charge in [-0.25, -0.2) is 4.79 Å². The van der Waals surface area contributed by atoms with Gasteiger partial charge in [-0.3, -0.25) is 14.4 Å². The Morgan fingerprint density at radius 2 is 1.97 bits per heavy atom. The fraction of sp³-hybridized carbons (Fsp3) is 0.348. The standard InChI is InChI=1S/C23H28N4O3S/c1-14-7-8-15(2)18(9-14)19-13-31-22(21(19)23(29)30-6)25-20(28)12-26(4)11-17-10-24-27(5)16(17)3/h7-10,13H,11-12H2,1-6H3,(H,25,28). The summed E-state index contributed by atoms with van der Waals surface area (Å²) < 4.78 is 6.83. The van der Waals surface area contributed by atoms with Crippen LogP contribution < -0.4 is 5.32 Å². The van der Waals surface area contributed by atoms with E-state index < -0.39 is 5.97 Å². The van der Waals surface area contributed by atoms with E-state index in [9.17, 15) is 9.59 Å². The van der Waals surface area contributed by atoms with E-state index in [1.54, 1.807) is 0 Å². The van der Waals surface area contributed by atoms with E-state index in [1.807, 2.05) is 74.2 Å². The summed E-state index contributed by atoms with van der Waals surface area (Å²) in [7, 11) is 5.12. The van der Waals surface area contributed by atoms with E-state index in [4.69, 9.17) is 4.74 Å². The maximum atomic E-state index is 12.7. The highest BCUT2D eigenvalue weighted by Crippen LogP contribution is 2.38. The monoisotopic (exact) mass is 440 g/mol. The number of carbonyl (C=O) groups excluding carboxylic acids is 2. The number of carbonyl (C=O) groups is 2.